The molecule has 12 heteroatoms. The van der Waals surface area contributed by atoms with Crippen molar-refractivity contribution in [2.75, 3.05) is 27.3 Å². The minimum absolute atomic E-state index is 0.222. The number of fused-ring (bicyclic) bond motifs is 1. The molecule has 172 valence electrons. The fourth-order valence-corrected chi connectivity index (χ4v) is 7.79. The highest BCUT2D eigenvalue weighted by molar-refractivity contribution is 7.91. The summed E-state index contributed by atoms with van der Waals surface area (Å²) in [5.74, 6) is 0.664. The molecule has 8 nitrogen and oxygen atoms in total. The highest BCUT2D eigenvalue weighted by Gasteiger charge is 2.33. The molecule has 2 aromatic heterocycles. The maximum atomic E-state index is 12.9. The van der Waals surface area contributed by atoms with Gasteiger partial charge in [-0.1, -0.05) is 22.9 Å². The third kappa shape index (κ3) is 4.32. The number of hydrogen-bond acceptors (Lipinski definition) is 7. The molecule has 0 atom stereocenters. The van der Waals surface area contributed by atoms with Gasteiger partial charge in [-0.25, -0.2) is 8.42 Å². The summed E-state index contributed by atoms with van der Waals surface area (Å²) in [6.45, 7) is 0.549. The van der Waals surface area contributed by atoms with Gasteiger partial charge in [-0.2, -0.15) is 9.30 Å². The molecule has 0 saturated carbocycles. The van der Waals surface area contributed by atoms with Crippen LogP contribution < -0.4 is 14.3 Å². The number of carbonyl (C=O) groups excluding carboxylic acids is 1. The molecule has 0 unspecified atom stereocenters. The van der Waals surface area contributed by atoms with Crippen molar-refractivity contribution >= 4 is 60.4 Å². The first-order chi connectivity index (χ1) is 15.2. The van der Waals surface area contributed by atoms with Crippen molar-refractivity contribution in [2.45, 2.75) is 17.1 Å². The number of piperidine rings is 1. The molecule has 0 bridgehead atoms. The zero-order valence-electron chi connectivity index (χ0n) is 17.7. The lowest BCUT2D eigenvalue weighted by Gasteiger charge is -2.29. The van der Waals surface area contributed by atoms with E-state index < -0.39 is 10.0 Å². The van der Waals surface area contributed by atoms with Crippen LogP contribution in [0.15, 0.2) is 33.5 Å². The van der Waals surface area contributed by atoms with Gasteiger partial charge in [0.05, 0.1) is 28.8 Å². The normalized spacial score (nSPS) is 16.6. The maximum Gasteiger partial charge on any atom is 0.252 e. The van der Waals surface area contributed by atoms with Gasteiger partial charge in [-0.3, -0.25) is 4.79 Å². The lowest BCUT2D eigenvalue weighted by Crippen LogP contribution is -2.40. The number of thiophene rings is 1. The Bertz CT molecular complexity index is 1330. The number of benzene rings is 1. The molecule has 0 radical (unpaired) electrons. The van der Waals surface area contributed by atoms with E-state index in [0.717, 1.165) is 21.6 Å². The number of rotatable bonds is 5. The van der Waals surface area contributed by atoms with Gasteiger partial charge in [-0.05, 0) is 25.0 Å². The first-order valence-corrected chi connectivity index (χ1v) is 13.3. The number of sulfonamides is 1. The Morgan fingerprint density at radius 1 is 1.12 bits per heavy atom. The van der Waals surface area contributed by atoms with E-state index in [4.69, 9.17) is 21.1 Å². The molecule has 0 N–H and O–H groups in total. The van der Waals surface area contributed by atoms with E-state index >= 15 is 0 Å². The lowest BCUT2D eigenvalue weighted by molar-refractivity contribution is -0.122. The van der Waals surface area contributed by atoms with Crippen molar-refractivity contribution in [3.05, 3.63) is 33.4 Å². The number of carbonyl (C=O) groups is 1. The van der Waals surface area contributed by atoms with Crippen molar-refractivity contribution in [1.82, 2.24) is 8.87 Å². The van der Waals surface area contributed by atoms with Crippen LogP contribution >= 0.6 is 34.3 Å². The minimum atomic E-state index is -3.59. The van der Waals surface area contributed by atoms with Gasteiger partial charge >= 0.3 is 0 Å². The van der Waals surface area contributed by atoms with E-state index in [1.165, 1.54) is 21.7 Å². The molecule has 1 aromatic carbocycles. The van der Waals surface area contributed by atoms with Crippen molar-refractivity contribution in [3.8, 4) is 11.5 Å². The standard InChI is InChI=1S/C20H22ClN3O5S3/c1-23-13-10-14(28-2)15(29-3)11-16(13)30-20(23)22-19(25)12-6-8-24(9-7-12)32(26,27)18-5-4-17(21)31-18/h4-5,10-12H,6-9H2,1-3H3. The number of hydrogen-bond donors (Lipinski definition) is 0. The largest absolute Gasteiger partial charge is 0.493 e. The summed E-state index contributed by atoms with van der Waals surface area (Å²) in [5, 5.41) is 0. The van der Waals surface area contributed by atoms with Crippen LogP contribution in [0, 0.1) is 5.92 Å². The Labute approximate surface area is 198 Å². The Balaban J connectivity index is 1.52. The van der Waals surface area contributed by atoms with Gasteiger partial charge in [0, 0.05) is 38.2 Å². The van der Waals surface area contributed by atoms with Crippen molar-refractivity contribution in [2.24, 2.45) is 18.0 Å². The number of nitrogens with zero attached hydrogens (tertiary/aromatic N) is 3. The van der Waals surface area contributed by atoms with E-state index in [0.29, 0.717) is 33.5 Å². The highest BCUT2D eigenvalue weighted by atomic mass is 35.5. The summed E-state index contributed by atoms with van der Waals surface area (Å²) in [6, 6.07) is 6.81. The molecule has 1 saturated heterocycles. The van der Waals surface area contributed by atoms with Crippen LogP contribution in [-0.2, 0) is 21.9 Å². The number of amides is 1. The third-order valence-electron chi connectivity index (χ3n) is 5.47. The summed E-state index contributed by atoms with van der Waals surface area (Å²) in [7, 11) is 1.41. The predicted molar refractivity (Wildman–Crippen MR) is 125 cm³/mol. The Morgan fingerprint density at radius 2 is 1.78 bits per heavy atom. The van der Waals surface area contributed by atoms with E-state index in [1.54, 1.807) is 20.3 Å². The van der Waals surface area contributed by atoms with Crippen LogP contribution in [-0.4, -0.2) is 50.5 Å². The summed E-state index contributed by atoms with van der Waals surface area (Å²) in [4.78, 5) is 17.8. The second kappa shape index (κ2) is 9.14. The Hall–Kier alpha value is -1.92. The van der Waals surface area contributed by atoms with Crippen LogP contribution in [0.1, 0.15) is 12.8 Å². The topological polar surface area (TPSA) is 90.2 Å². The first-order valence-electron chi connectivity index (χ1n) is 9.80. The maximum absolute atomic E-state index is 12.9. The third-order valence-corrected chi connectivity index (χ3v) is 10.2. The number of aromatic nitrogens is 1. The minimum Gasteiger partial charge on any atom is -0.493 e. The number of methoxy groups -OCH3 is 2. The number of aryl methyl sites for hydroxylation is 1. The van der Waals surface area contributed by atoms with E-state index in [-0.39, 0.29) is 29.1 Å². The van der Waals surface area contributed by atoms with Crippen LogP contribution in [0.5, 0.6) is 11.5 Å². The average Bonchev–Trinajstić information content (AvgIpc) is 3.36. The van der Waals surface area contributed by atoms with Crippen LogP contribution in [0.2, 0.25) is 4.34 Å². The van der Waals surface area contributed by atoms with Crippen LogP contribution in [0.25, 0.3) is 10.2 Å². The number of halogens is 1. The van der Waals surface area contributed by atoms with Crippen LogP contribution in [0.4, 0.5) is 0 Å². The molecular formula is C20H22ClN3O5S3. The molecule has 1 aliphatic heterocycles. The quantitative estimate of drug-likeness (QED) is 0.518. The fraction of sp³-hybridized carbons (Fsp3) is 0.400. The smallest absolute Gasteiger partial charge is 0.252 e. The van der Waals surface area contributed by atoms with Gasteiger partial charge in [-0.15, -0.1) is 11.3 Å². The monoisotopic (exact) mass is 515 g/mol. The highest BCUT2D eigenvalue weighted by Crippen LogP contribution is 2.33. The molecule has 0 aliphatic carbocycles. The molecule has 1 aliphatic rings. The number of thiazole rings is 1. The molecule has 1 fully saturated rings. The predicted octanol–water partition coefficient (Wildman–Crippen LogP) is 3.50. The molecule has 1 amide bonds. The van der Waals surface area contributed by atoms with E-state index in [1.807, 2.05) is 23.7 Å². The average molecular weight is 516 g/mol. The molecule has 0 spiro atoms. The van der Waals surface area contributed by atoms with Crippen molar-refractivity contribution < 1.29 is 22.7 Å². The molecule has 32 heavy (non-hydrogen) atoms. The van der Waals surface area contributed by atoms with Gasteiger partial charge in [0.25, 0.3) is 15.9 Å². The van der Waals surface area contributed by atoms with Gasteiger partial charge < -0.3 is 14.0 Å². The summed E-state index contributed by atoms with van der Waals surface area (Å²) in [5.41, 5.74) is 0.884. The lowest BCUT2D eigenvalue weighted by atomic mass is 9.98. The second-order valence-corrected chi connectivity index (χ2v) is 12.2. The van der Waals surface area contributed by atoms with Crippen molar-refractivity contribution in [1.29, 1.82) is 0 Å². The summed E-state index contributed by atoms with van der Waals surface area (Å²) < 4.78 is 41.1. The molecule has 3 heterocycles. The molecule has 3 aromatic rings. The van der Waals surface area contributed by atoms with E-state index in [9.17, 15) is 13.2 Å². The Kier molecular flexibility index (Phi) is 6.64. The fourth-order valence-electron chi connectivity index (χ4n) is 3.65. The van der Waals surface area contributed by atoms with Gasteiger partial charge in [0.2, 0.25) is 0 Å². The Morgan fingerprint density at radius 3 is 2.38 bits per heavy atom. The van der Waals surface area contributed by atoms with Crippen molar-refractivity contribution in [3.63, 3.8) is 0 Å². The zero-order chi connectivity index (χ0) is 23.0. The van der Waals surface area contributed by atoms with Crippen LogP contribution in [0.3, 0.4) is 0 Å². The molecular weight excluding hydrogens is 494 g/mol. The SMILES string of the molecule is COc1cc2sc(=NC(=O)C3CCN(S(=O)(=O)c4ccc(Cl)s4)CC3)n(C)c2cc1OC. The summed E-state index contributed by atoms with van der Waals surface area (Å²) >= 11 is 8.32. The zero-order valence-corrected chi connectivity index (χ0v) is 20.9. The van der Waals surface area contributed by atoms with Gasteiger partial charge in [0.15, 0.2) is 16.3 Å². The van der Waals surface area contributed by atoms with Gasteiger partial charge in [0.1, 0.15) is 4.21 Å². The number of ether oxygens (including phenoxy) is 2. The summed E-state index contributed by atoms with van der Waals surface area (Å²) in [6.07, 6.45) is 0.855. The first kappa shape index (κ1) is 23.2. The second-order valence-electron chi connectivity index (χ2n) is 7.31. The van der Waals surface area contributed by atoms with E-state index in [2.05, 4.69) is 4.99 Å². The molecule has 4 rings (SSSR count).